The first-order chi connectivity index (χ1) is 41.7. The molecule has 0 spiro atoms. The van der Waals surface area contributed by atoms with Gasteiger partial charge in [0.15, 0.2) is 46.5 Å². The largest absolute Gasteiger partial charge is 0.354 e. The number of nitrogens with zero attached hydrogens (tertiary/aromatic N) is 2. The van der Waals surface area contributed by atoms with Crippen LogP contribution in [-0.2, 0) is 0 Å². The van der Waals surface area contributed by atoms with E-state index in [2.05, 4.69) is 46.4 Å². The molecule has 0 saturated carbocycles. The molecule has 0 amide bonds. The number of benzene rings is 2. The van der Waals surface area contributed by atoms with Crippen molar-refractivity contribution in [2.24, 2.45) is 0 Å². The number of hydrogen-bond donors (Lipinski definition) is 2. The van der Waals surface area contributed by atoms with Crippen molar-refractivity contribution in [2.45, 2.75) is 0 Å². The van der Waals surface area contributed by atoms with E-state index in [9.17, 15) is 8.78 Å². The van der Waals surface area contributed by atoms with E-state index in [1.54, 1.807) is 80.2 Å². The second kappa shape index (κ2) is 21.4. The van der Waals surface area contributed by atoms with Gasteiger partial charge in [0.1, 0.15) is 0 Å². The number of fused-ring (bicyclic) bond motifs is 8. The number of halogens is 10. The molecule has 4 nitrogen and oxygen atoms in total. The smallest absolute Gasteiger partial charge is 0.200 e. The molecule has 2 aliphatic rings. The van der Waals surface area contributed by atoms with Crippen LogP contribution in [0.4, 0.5) is 43.9 Å². The van der Waals surface area contributed by atoms with Crippen LogP contribution < -0.4 is 0 Å². The minimum Gasteiger partial charge on any atom is -0.354 e. The van der Waals surface area contributed by atoms with Crippen molar-refractivity contribution in [2.75, 3.05) is 0 Å². The molecular weight excluding hydrogens is 1270 g/mol. The molecule has 15 rings (SSSR count). The van der Waals surface area contributed by atoms with Gasteiger partial charge in [-0.15, -0.1) is 90.7 Å². The highest BCUT2D eigenvalue weighted by atomic mass is 32.1. The van der Waals surface area contributed by atoms with E-state index in [-0.39, 0.29) is 56.0 Å². The predicted octanol–water partition coefficient (Wildman–Crippen LogP) is 23.2. The Morgan fingerprint density at radius 2 is 0.465 bits per heavy atom. The van der Waals surface area contributed by atoms with Gasteiger partial charge >= 0.3 is 0 Å². The minimum atomic E-state index is -2.36. The summed E-state index contributed by atoms with van der Waals surface area (Å²) < 4.78 is 157. The minimum absolute atomic E-state index is 0.0947. The zero-order valence-corrected chi connectivity index (χ0v) is 49.5. The van der Waals surface area contributed by atoms with Crippen LogP contribution in [0.25, 0.3) is 148 Å². The SMILES string of the molecule is Fc1c(F)c(F)c(-c2c3nc(c(-c4ccc(-c5ccc(-c6ccc(-c7cccs7)s6)s5)s4)c4ccc([nH]4)c(-c4c(F)c(F)c(F)c(F)c4F)c4nc(c(-c5ccc(-c6ccc(-c7ccc(-c8cccs8)s7)s6)s5)c5ccc2[nH]5)C=C4)C=C3)c(F)c1F. The second-order valence-corrected chi connectivity index (χ2v) is 27.7. The molecule has 0 unspecified atom stereocenters. The maximum Gasteiger partial charge on any atom is 0.200 e. The zero-order chi connectivity index (χ0) is 58.8. The lowest BCUT2D eigenvalue weighted by Crippen LogP contribution is -2.05. The van der Waals surface area contributed by atoms with Crippen LogP contribution in [0, 0.1) is 58.2 Å². The van der Waals surface area contributed by atoms with Gasteiger partial charge in [0.25, 0.3) is 0 Å². The standard InChI is InChI=1S/C64H28F10N4S8/c65-55-53(56(66)60(70)63(73)59(55)69)51-31-9-5-27(75-31)49(47-23-21-45(85-47)43-19-17-41(83-43)39-15-13-37(81-39)35-3-1-25-79-35)28-6-10-32(76-28)52(54-57(67)61(71)64(74)62(72)58(54)68)34-12-8-30(78-34)50(29-7-11-33(51)77-29)48-24-22-46(86-48)44-20-18-42(84-44)40-16-14-38(82-40)36-4-2-26-80-36/h1-26,75,78H. The number of thiophene rings is 8. The predicted molar refractivity (Wildman–Crippen MR) is 336 cm³/mol. The van der Waals surface area contributed by atoms with Crippen LogP contribution in [0.1, 0.15) is 22.8 Å². The summed E-state index contributed by atoms with van der Waals surface area (Å²) in [6, 6.07) is 37.4. The molecule has 13 heterocycles. The van der Waals surface area contributed by atoms with Crippen LogP contribution >= 0.6 is 90.7 Å². The molecule has 2 aliphatic heterocycles. The third-order valence-electron chi connectivity index (χ3n) is 14.3. The fraction of sp³-hybridized carbons (Fsp3) is 0. The Labute approximate surface area is 511 Å². The summed E-state index contributed by atoms with van der Waals surface area (Å²) in [5.74, 6) is -21.9. The molecule has 13 aromatic rings. The van der Waals surface area contributed by atoms with Gasteiger partial charge in [-0.3, -0.25) is 0 Å². The summed E-state index contributed by atoms with van der Waals surface area (Å²) in [5.41, 5.74) is -3.13. The lowest BCUT2D eigenvalue weighted by molar-refractivity contribution is 0.381. The van der Waals surface area contributed by atoms with Crippen molar-refractivity contribution in [1.29, 1.82) is 0 Å². The highest BCUT2D eigenvalue weighted by molar-refractivity contribution is 7.30. The number of hydrogen-bond acceptors (Lipinski definition) is 10. The number of H-pyrrole nitrogens is 2. The summed E-state index contributed by atoms with van der Waals surface area (Å²) >= 11 is 12.3. The Kier molecular flexibility index (Phi) is 13.6. The number of rotatable bonds is 10. The van der Waals surface area contributed by atoms with E-state index >= 15 is 35.1 Å². The molecule has 86 heavy (non-hydrogen) atoms. The summed E-state index contributed by atoms with van der Waals surface area (Å²) in [5, 5.41) is 4.03. The van der Waals surface area contributed by atoms with Crippen molar-refractivity contribution in [3.05, 3.63) is 213 Å². The van der Waals surface area contributed by atoms with E-state index in [1.165, 1.54) is 71.2 Å². The fourth-order valence-corrected chi connectivity index (χ4v) is 18.6. The molecule has 2 aromatic carbocycles. The third-order valence-corrected chi connectivity index (χ3v) is 23.8. The topological polar surface area (TPSA) is 57.4 Å². The Hall–Kier alpha value is -8.06. The first-order valence-corrected chi connectivity index (χ1v) is 32.3. The van der Waals surface area contributed by atoms with Gasteiger partial charge in [-0.1, -0.05) is 12.1 Å². The van der Waals surface area contributed by atoms with Crippen LogP contribution in [0.2, 0.25) is 0 Å². The number of aromatic nitrogens is 4. The molecule has 0 aliphatic carbocycles. The van der Waals surface area contributed by atoms with Gasteiger partial charge in [-0.25, -0.2) is 53.9 Å². The lowest BCUT2D eigenvalue weighted by atomic mass is 10.0. The van der Waals surface area contributed by atoms with Crippen molar-refractivity contribution >= 4 is 137 Å². The zero-order valence-electron chi connectivity index (χ0n) is 43.0. The van der Waals surface area contributed by atoms with Gasteiger partial charge < -0.3 is 9.97 Å². The quantitative estimate of drug-likeness (QED) is 0.0814. The summed E-state index contributed by atoms with van der Waals surface area (Å²) in [7, 11) is 0. The van der Waals surface area contributed by atoms with Gasteiger partial charge in [-0.2, -0.15) is 0 Å². The second-order valence-electron chi connectivity index (χ2n) is 19.3. The first kappa shape index (κ1) is 54.6. The normalized spacial score (nSPS) is 12.2. The van der Waals surface area contributed by atoms with E-state index in [0.29, 0.717) is 9.75 Å². The number of nitrogens with one attached hydrogen (secondary N) is 2. The third kappa shape index (κ3) is 9.15. The Morgan fingerprint density at radius 1 is 0.233 bits per heavy atom. The highest BCUT2D eigenvalue weighted by Crippen LogP contribution is 2.49. The molecule has 11 aromatic heterocycles. The Bertz CT molecular complexity index is 4780. The molecular formula is C64H28F10N4S8. The highest BCUT2D eigenvalue weighted by Gasteiger charge is 2.32. The van der Waals surface area contributed by atoms with Gasteiger partial charge in [-0.05, 0) is 144 Å². The van der Waals surface area contributed by atoms with E-state index < -0.39 is 80.4 Å². The maximum absolute atomic E-state index is 16.4. The van der Waals surface area contributed by atoms with Crippen molar-refractivity contribution in [1.82, 2.24) is 19.9 Å². The van der Waals surface area contributed by atoms with Crippen LogP contribution in [0.5, 0.6) is 0 Å². The summed E-state index contributed by atoms with van der Waals surface area (Å²) in [6.45, 7) is 0. The van der Waals surface area contributed by atoms with Gasteiger partial charge in [0, 0.05) is 113 Å². The monoisotopic (exact) mass is 1300 g/mol. The molecule has 0 fully saturated rings. The average Bonchev–Trinajstić information content (AvgIpc) is 1.99. The molecule has 0 atom stereocenters. The molecule has 22 heteroatoms. The van der Waals surface area contributed by atoms with Crippen LogP contribution in [-0.4, -0.2) is 19.9 Å². The fourth-order valence-electron chi connectivity index (χ4n) is 10.4. The average molecular weight is 1300 g/mol. The molecule has 422 valence electrons. The van der Waals surface area contributed by atoms with Crippen molar-refractivity contribution in [3.8, 4) is 102 Å². The van der Waals surface area contributed by atoms with E-state index in [0.717, 1.165) is 58.5 Å². The van der Waals surface area contributed by atoms with Crippen LogP contribution in [0.3, 0.4) is 0 Å². The lowest BCUT2D eigenvalue weighted by Gasteiger charge is -2.10. The molecule has 0 saturated heterocycles. The van der Waals surface area contributed by atoms with Crippen molar-refractivity contribution < 1.29 is 43.9 Å². The summed E-state index contributed by atoms with van der Waals surface area (Å²) in [4.78, 5) is 29.1. The van der Waals surface area contributed by atoms with E-state index in [4.69, 9.17) is 9.97 Å². The van der Waals surface area contributed by atoms with E-state index in [1.807, 2.05) is 59.3 Å². The van der Waals surface area contributed by atoms with Crippen molar-refractivity contribution in [3.63, 3.8) is 0 Å². The van der Waals surface area contributed by atoms with Gasteiger partial charge in [0.05, 0.1) is 33.9 Å². The molecule has 8 bridgehead atoms. The van der Waals surface area contributed by atoms with Gasteiger partial charge in [0.2, 0.25) is 11.6 Å². The van der Waals surface area contributed by atoms with Crippen LogP contribution in [0.15, 0.2) is 132 Å². The number of aromatic amines is 2. The molecule has 2 N–H and O–H groups in total. The first-order valence-electron chi connectivity index (χ1n) is 25.6. The maximum atomic E-state index is 16.4. The molecule has 0 radical (unpaired) electrons. The Balaban J connectivity index is 0.969. The Morgan fingerprint density at radius 3 is 0.744 bits per heavy atom. The summed E-state index contributed by atoms with van der Waals surface area (Å²) in [6.07, 6.45) is 5.67.